The quantitative estimate of drug-likeness (QED) is 0.374. The predicted octanol–water partition coefficient (Wildman–Crippen LogP) is 0.728. The van der Waals surface area contributed by atoms with Gasteiger partial charge in [-0.25, -0.2) is 13.1 Å². The van der Waals surface area contributed by atoms with Gasteiger partial charge in [-0.2, -0.15) is 0 Å². The first kappa shape index (κ1) is 13.4. The van der Waals surface area contributed by atoms with Gasteiger partial charge in [0.15, 0.2) is 0 Å². The molecule has 0 aliphatic carbocycles. The average Bonchev–Trinajstić information content (AvgIpc) is 2.11. The number of rotatable bonds is 8. The Hall–Kier alpha value is -0.620. The lowest BCUT2D eigenvalue weighted by molar-refractivity contribution is 0.144. The Bertz CT molecular complexity index is 249. The van der Waals surface area contributed by atoms with E-state index >= 15 is 0 Å². The van der Waals surface area contributed by atoms with E-state index in [-0.39, 0.29) is 5.75 Å². The summed E-state index contributed by atoms with van der Waals surface area (Å²) >= 11 is 0. The minimum atomic E-state index is -3.07. The third-order valence-corrected chi connectivity index (χ3v) is 2.98. The van der Waals surface area contributed by atoms with Gasteiger partial charge in [0.25, 0.3) is 0 Å². The Labute approximate surface area is 85.6 Å². The van der Waals surface area contributed by atoms with Crippen molar-refractivity contribution in [1.29, 1.82) is 0 Å². The highest BCUT2D eigenvalue weighted by Crippen LogP contribution is 1.89. The lowest BCUT2D eigenvalue weighted by Gasteiger charge is -2.04. The molecule has 0 rings (SSSR count). The summed E-state index contributed by atoms with van der Waals surface area (Å²) in [6, 6.07) is 0. The molecule has 0 aromatic heterocycles. The van der Waals surface area contributed by atoms with Gasteiger partial charge in [0.1, 0.15) is 6.61 Å². The van der Waals surface area contributed by atoms with Gasteiger partial charge in [-0.05, 0) is 19.8 Å². The van der Waals surface area contributed by atoms with Gasteiger partial charge >= 0.3 is 0 Å². The van der Waals surface area contributed by atoms with Crippen LogP contribution in [0.1, 0.15) is 26.7 Å². The first-order valence-corrected chi connectivity index (χ1v) is 6.35. The highest BCUT2D eigenvalue weighted by Gasteiger charge is 2.06. The average molecular weight is 222 g/mol. The number of oxime groups is 1. The fourth-order valence-corrected chi connectivity index (χ4v) is 1.97. The molecule has 0 radical (unpaired) electrons. The molecule has 0 heterocycles. The van der Waals surface area contributed by atoms with Crippen LogP contribution in [0.2, 0.25) is 0 Å². The SMILES string of the molecule is C/C=N/OCCCNS(=O)(=O)CCC. The van der Waals surface area contributed by atoms with E-state index in [1.165, 1.54) is 0 Å². The van der Waals surface area contributed by atoms with E-state index in [9.17, 15) is 8.42 Å². The summed E-state index contributed by atoms with van der Waals surface area (Å²) in [5.74, 6) is 0.182. The van der Waals surface area contributed by atoms with Crippen LogP contribution < -0.4 is 4.72 Å². The molecule has 0 spiro atoms. The van der Waals surface area contributed by atoms with Crippen molar-refractivity contribution in [3.05, 3.63) is 0 Å². The number of sulfonamides is 1. The molecule has 0 saturated heterocycles. The monoisotopic (exact) mass is 222 g/mol. The maximum atomic E-state index is 11.1. The van der Waals surface area contributed by atoms with Crippen LogP contribution in [0.4, 0.5) is 0 Å². The van der Waals surface area contributed by atoms with Crippen LogP contribution >= 0.6 is 0 Å². The minimum Gasteiger partial charge on any atom is -0.396 e. The second kappa shape index (κ2) is 7.75. The molecule has 0 amide bonds. The van der Waals surface area contributed by atoms with Crippen LogP contribution in [0.25, 0.3) is 0 Å². The van der Waals surface area contributed by atoms with Crippen molar-refractivity contribution in [1.82, 2.24) is 4.72 Å². The zero-order valence-electron chi connectivity index (χ0n) is 8.69. The molecule has 0 unspecified atom stereocenters. The van der Waals surface area contributed by atoms with E-state index in [0.717, 1.165) is 0 Å². The Morgan fingerprint density at radius 3 is 2.79 bits per heavy atom. The lowest BCUT2D eigenvalue weighted by atomic mass is 10.5. The summed E-state index contributed by atoms with van der Waals surface area (Å²) < 4.78 is 24.8. The summed E-state index contributed by atoms with van der Waals surface area (Å²) in [4.78, 5) is 4.79. The molecule has 0 aromatic rings. The molecule has 0 aliphatic heterocycles. The summed E-state index contributed by atoms with van der Waals surface area (Å²) in [5.41, 5.74) is 0. The molecule has 0 saturated carbocycles. The highest BCUT2D eigenvalue weighted by molar-refractivity contribution is 7.89. The molecule has 6 heteroatoms. The van der Waals surface area contributed by atoms with Gasteiger partial charge in [-0.1, -0.05) is 12.1 Å². The largest absolute Gasteiger partial charge is 0.396 e. The second-order valence-electron chi connectivity index (χ2n) is 2.76. The maximum Gasteiger partial charge on any atom is 0.211 e. The Morgan fingerprint density at radius 1 is 1.50 bits per heavy atom. The van der Waals surface area contributed by atoms with E-state index in [2.05, 4.69) is 9.88 Å². The van der Waals surface area contributed by atoms with Gasteiger partial charge in [-0.3, -0.25) is 0 Å². The van der Waals surface area contributed by atoms with Gasteiger partial charge < -0.3 is 4.84 Å². The van der Waals surface area contributed by atoms with Gasteiger partial charge in [0.2, 0.25) is 10.0 Å². The smallest absolute Gasteiger partial charge is 0.211 e. The van der Waals surface area contributed by atoms with E-state index in [1.807, 2.05) is 6.92 Å². The highest BCUT2D eigenvalue weighted by atomic mass is 32.2. The van der Waals surface area contributed by atoms with E-state index in [0.29, 0.717) is 26.0 Å². The van der Waals surface area contributed by atoms with Crippen molar-refractivity contribution in [2.45, 2.75) is 26.7 Å². The molecular weight excluding hydrogens is 204 g/mol. The molecule has 5 nitrogen and oxygen atoms in total. The van der Waals surface area contributed by atoms with Gasteiger partial charge in [0.05, 0.1) is 5.75 Å². The zero-order chi connectivity index (χ0) is 10.9. The van der Waals surface area contributed by atoms with E-state index < -0.39 is 10.0 Å². The topological polar surface area (TPSA) is 67.8 Å². The number of hydrogen-bond acceptors (Lipinski definition) is 4. The summed E-state index contributed by atoms with van der Waals surface area (Å²) in [5, 5.41) is 3.54. The van der Waals surface area contributed by atoms with Crippen molar-refractivity contribution >= 4 is 16.2 Å². The predicted molar refractivity (Wildman–Crippen MR) is 56.8 cm³/mol. The van der Waals surface area contributed by atoms with Crippen molar-refractivity contribution in [3.63, 3.8) is 0 Å². The Balaban J connectivity index is 3.44. The molecule has 0 aromatic carbocycles. The van der Waals surface area contributed by atoms with Gasteiger partial charge in [0, 0.05) is 12.8 Å². The summed E-state index contributed by atoms with van der Waals surface area (Å²) in [6.45, 7) is 4.42. The van der Waals surface area contributed by atoms with Crippen molar-refractivity contribution < 1.29 is 13.3 Å². The number of nitrogens with one attached hydrogen (secondary N) is 1. The minimum absolute atomic E-state index is 0.182. The van der Waals surface area contributed by atoms with Gasteiger partial charge in [-0.15, -0.1) is 0 Å². The second-order valence-corrected chi connectivity index (χ2v) is 4.69. The van der Waals surface area contributed by atoms with Crippen LogP contribution in [0.3, 0.4) is 0 Å². The summed E-state index contributed by atoms with van der Waals surface area (Å²) in [7, 11) is -3.07. The zero-order valence-corrected chi connectivity index (χ0v) is 9.51. The van der Waals surface area contributed by atoms with Crippen LogP contribution in [0.5, 0.6) is 0 Å². The van der Waals surface area contributed by atoms with Crippen molar-refractivity contribution in [3.8, 4) is 0 Å². The van der Waals surface area contributed by atoms with Crippen molar-refractivity contribution in [2.24, 2.45) is 5.16 Å². The Kier molecular flexibility index (Phi) is 7.41. The van der Waals surface area contributed by atoms with Crippen LogP contribution in [0, 0.1) is 0 Å². The lowest BCUT2D eigenvalue weighted by Crippen LogP contribution is -2.27. The maximum absolute atomic E-state index is 11.1. The van der Waals surface area contributed by atoms with E-state index in [4.69, 9.17) is 4.84 Å². The number of nitrogens with zero attached hydrogens (tertiary/aromatic N) is 1. The fourth-order valence-electron chi connectivity index (χ4n) is 0.833. The van der Waals surface area contributed by atoms with E-state index in [1.54, 1.807) is 13.1 Å². The van der Waals surface area contributed by atoms with Crippen LogP contribution in [-0.4, -0.2) is 33.5 Å². The molecule has 14 heavy (non-hydrogen) atoms. The Morgan fingerprint density at radius 2 is 2.21 bits per heavy atom. The first-order chi connectivity index (χ1) is 6.62. The van der Waals surface area contributed by atoms with Crippen LogP contribution in [0.15, 0.2) is 5.16 Å². The molecule has 84 valence electrons. The molecule has 0 atom stereocenters. The van der Waals surface area contributed by atoms with Crippen molar-refractivity contribution in [2.75, 3.05) is 18.9 Å². The third-order valence-electron chi connectivity index (χ3n) is 1.39. The standard InChI is InChI=1S/C8H18N2O3S/c1-3-8-14(11,12)10-6-5-7-13-9-4-2/h4,10H,3,5-8H2,1-2H3/b9-4+. The molecule has 0 bridgehead atoms. The fraction of sp³-hybridized carbons (Fsp3) is 0.875. The number of hydrogen-bond donors (Lipinski definition) is 1. The molecular formula is C8H18N2O3S. The molecule has 0 aliphatic rings. The molecule has 0 fully saturated rings. The molecule has 1 N–H and O–H groups in total. The summed E-state index contributed by atoms with van der Waals surface area (Å²) in [6.07, 6.45) is 2.80. The normalized spacial score (nSPS) is 12.1. The van der Waals surface area contributed by atoms with Crippen LogP contribution in [-0.2, 0) is 14.9 Å². The third kappa shape index (κ3) is 8.00. The first-order valence-electron chi connectivity index (χ1n) is 4.69.